The number of benzene rings is 1. The van der Waals surface area contributed by atoms with Crippen molar-refractivity contribution in [3.05, 3.63) is 29.3 Å². The van der Waals surface area contributed by atoms with Gasteiger partial charge in [-0.2, -0.15) is 0 Å². The van der Waals surface area contributed by atoms with Gasteiger partial charge >= 0.3 is 5.97 Å². The molecule has 0 saturated carbocycles. The summed E-state index contributed by atoms with van der Waals surface area (Å²) in [5.41, 5.74) is 3.58. The first-order chi connectivity index (χ1) is 8.32. The molecular weight excluding hydrogens is 226 g/mol. The van der Waals surface area contributed by atoms with Crippen LogP contribution in [0.1, 0.15) is 37.8 Å². The first-order valence-corrected chi connectivity index (χ1v) is 6.37. The zero-order chi connectivity index (χ0) is 13.9. The SMILES string of the molecule is Cc1ccc(C(C)C)cc1N(C)CC(C)C(=O)O. The van der Waals surface area contributed by atoms with Crippen LogP contribution in [-0.4, -0.2) is 24.7 Å². The second-order valence-electron chi connectivity index (χ2n) is 5.32. The van der Waals surface area contributed by atoms with E-state index in [9.17, 15) is 4.79 Å². The van der Waals surface area contributed by atoms with E-state index >= 15 is 0 Å². The highest BCUT2D eigenvalue weighted by molar-refractivity contribution is 5.70. The Bertz CT molecular complexity index is 427. The lowest BCUT2D eigenvalue weighted by Gasteiger charge is -2.24. The minimum Gasteiger partial charge on any atom is -0.481 e. The summed E-state index contributed by atoms with van der Waals surface area (Å²) in [6.07, 6.45) is 0. The first kappa shape index (κ1) is 14.6. The third-order valence-corrected chi connectivity index (χ3v) is 3.28. The van der Waals surface area contributed by atoms with E-state index < -0.39 is 5.97 Å². The molecule has 0 amide bonds. The monoisotopic (exact) mass is 249 g/mol. The number of nitrogens with zero attached hydrogens (tertiary/aromatic N) is 1. The molecule has 0 aliphatic heterocycles. The zero-order valence-electron chi connectivity index (χ0n) is 11.9. The summed E-state index contributed by atoms with van der Waals surface area (Å²) >= 11 is 0. The Labute approximate surface area is 109 Å². The Balaban J connectivity index is 2.93. The highest BCUT2D eigenvalue weighted by Crippen LogP contribution is 2.25. The number of aliphatic carboxylic acids is 1. The molecule has 1 N–H and O–H groups in total. The molecule has 1 rings (SSSR count). The van der Waals surface area contributed by atoms with Gasteiger partial charge in [0.2, 0.25) is 0 Å². The Morgan fingerprint density at radius 3 is 2.44 bits per heavy atom. The van der Waals surface area contributed by atoms with Crippen molar-refractivity contribution >= 4 is 11.7 Å². The zero-order valence-corrected chi connectivity index (χ0v) is 11.9. The number of hydrogen-bond donors (Lipinski definition) is 1. The number of rotatable bonds is 5. The standard InChI is InChI=1S/C15H23NO2/c1-10(2)13-7-6-11(3)14(8-13)16(5)9-12(4)15(17)18/h6-8,10,12H,9H2,1-5H3,(H,17,18). The van der Waals surface area contributed by atoms with Crippen LogP contribution in [0.2, 0.25) is 0 Å². The van der Waals surface area contributed by atoms with Gasteiger partial charge in [-0.05, 0) is 30.0 Å². The fourth-order valence-electron chi connectivity index (χ4n) is 1.98. The van der Waals surface area contributed by atoms with E-state index in [0.29, 0.717) is 12.5 Å². The number of hydrogen-bond acceptors (Lipinski definition) is 2. The molecule has 0 heterocycles. The van der Waals surface area contributed by atoms with Crippen LogP contribution in [0.15, 0.2) is 18.2 Å². The van der Waals surface area contributed by atoms with Crippen molar-refractivity contribution in [1.82, 2.24) is 0 Å². The Morgan fingerprint density at radius 1 is 1.33 bits per heavy atom. The van der Waals surface area contributed by atoms with E-state index in [0.717, 1.165) is 5.69 Å². The molecule has 0 radical (unpaired) electrons. The van der Waals surface area contributed by atoms with E-state index in [1.807, 2.05) is 11.9 Å². The molecule has 0 bridgehead atoms. The van der Waals surface area contributed by atoms with E-state index in [2.05, 4.69) is 39.0 Å². The van der Waals surface area contributed by atoms with Crippen LogP contribution >= 0.6 is 0 Å². The second kappa shape index (κ2) is 5.89. The lowest BCUT2D eigenvalue weighted by Crippen LogP contribution is -2.28. The molecule has 3 nitrogen and oxygen atoms in total. The quantitative estimate of drug-likeness (QED) is 0.870. The van der Waals surface area contributed by atoms with Crippen LogP contribution in [-0.2, 0) is 4.79 Å². The first-order valence-electron chi connectivity index (χ1n) is 6.37. The van der Waals surface area contributed by atoms with E-state index in [1.165, 1.54) is 11.1 Å². The molecule has 0 spiro atoms. The summed E-state index contributed by atoms with van der Waals surface area (Å²) in [5, 5.41) is 8.96. The number of anilines is 1. The minimum absolute atomic E-state index is 0.364. The van der Waals surface area contributed by atoms with Crippen LogP contribution in [0, 0.1) is 12.8 Å². The number of carbonyl (C=O) groups is 1. The highest BCUT2D eigenvalue weighted by Gasteiger charge is 2.15. The van der Waals surface area contributed by atoms with Crippen molar-refractivity contribution in [2.24, 2.45) is 5.92 Å². The fourth-order valence-corrected chi connectivity index (χ4v) is 1.98. The molecule has 1 aromatic rings. The maximum Gasteiger partial charge on any atom is 0.308 e. The predicted octanol–water partition coefficient (Wildman–Crippen LogP) is 3.28. The minimum atomic E-state index is -0.750. The second-order valence-corrected chi connectivity index (χ2v) is 5.32. The predicted molar refractivity (Wildman–Crippen MR) is 75.3 cm³/mol. The van der Waals surface area contributed by atoms with Gasteiger partial charge in [0.15, 0.2) is 0 Å². The van der Waals surface area contributed by atoms with E-state index in [-0.39, 0.29) is 5.92 Å². The molecule has 1 aromatic carbocycles. The Kier molecular flexibility index (Phi) is 4.76. The maximum atomic E-state index is 10.9. The molecular formula is C15H23NO2. The summed E-state index contributed by atoms with van der Waals surface area (Å²) in [7, 11) is 1.95. The van der Waals surface area contributed by atoms with Gasteiger partial charge in [-0.25, -0.2) is 0 Å². The van der Waals surface area contributed by atoms with Crippen molar-refractivity contribution in [1.29, 1.82) is 0 Å². The summed E-state index contributed by atoms with van der Waals surface area (Å²) in [6.45, 7) is 8.64. The van der Waals surface area contributed by atoms with Crippen LogP contribution in [0.5, 0.6) is 0 Å². The van der Waals surface area contributed by atoms with Crippen molar-refractivity contribution in [3.63, 3.8) is 0 Å². The molecule has 3 heteroatoms. The Hall–Kier alpha value is -1.51. The third kappa shape index (κ3) is 3.49. The summed E-state index contributed by atoms with van der Waals surface area (Å²) < 4.78 is 0. The van der Waals surface area contributed by atoms with Crippen LogP contribution < -0.4 is 4.90 Å². The van der Waals surface area contributed by atoms with Crippen molar-refractivity contribution in [2.45, 2.75) is 33.6 Å². The lowest BCUT2D eigenvalue weighted by molar-refractivity contribution is -0.140. The fraction of sp³-hybridized carbons (Fsp3) is 0.533. The van der Waals surface area contributed by atoms with Gasteiger partial charge in [0.05, 0.1) is 5.92 Å². The molecule has 0 saturated heterocycles. The largest absolute Gasteiger partial charge is 0.481 e. The van der Waals surface area contributed by atoms with Gasteiger partial charge in [0.1, 0.15) is 0 Å². The maximum absolute atomic E-state index is 10.9. The number of carboxylic acid groups (broad SMARTS) is 1. The van der Waals surface area contributed by atoms with Gasteiger partial charge in [-0.1, -0.05) is 32.9 Å². The summed E-state index contributed by atoms with van der Waals surface area (Å²) in [4.78, 5) is 12.9. The Morgan fingerprint density at radius 2 is 1.94 bits per heavy atom. The van der Waals surface area contributed by atoms with Crippen LogP contribution in [0.3, 0.4) is 0 Å². The van der Waals surface area contributed by atoms with E-state index in [4.69, 9.17) is 5.11 Å². The topological polar surface area (TPSA) is 40.5 Å². The third-order valence-electron chi connectivity index (χ3n) is 3.28. The average molecular weight is 249 g/mol. The molecule has 1 atom stereocenters. The van der Waals surface area contributed by atoms with Gasteiger partial charge < -0.3 is 10.0 Å². The average Bonchev–Trinajstić information content (AvgIpc) is 2.28. The van der Waals surface area contributed by atoms with Gasteiger partial charge in [-0.15, -0.1) is 0 Å². The molecule has 0 aliphatic rings. The number of aryl methyl sites for hydroxylation is 1. The number of carboxylic acids is 1. The van der Waals surface area contributed by atoms with Gasteiger partial charge in [0.25, 0.3) is 0 Å². The molecule has 0 fully saturated rings. The summed E-state index contributed by atoms with van der Waals surface area (Å²) in [5.74, 6) is -0.633. The summed E-state index contributed by atoms with van der Waals surface area (Å²) in [6, 6.07) is 6.40. The van der Waals surface area contributed by atoms with Crippen LogP contribution in [0.25, 0.3) is 0 Å². The molecule has 0 aliphatic carbocycles. The van der Waals surface area contributed by atoms with Crippen molar-refractivity contribution in [3.8, 4) is 0 Å². The smallest absolute Gasteiger partial charge is 0.308 e. The van der Waals surface area contributed by atoms with Crippen molar-refractivity contribution in [2.75, 3.05) is 18.5 Å². The van der Waals surface area contributed by atoms with Crippen molar-refractivity contribution < 1.29 is 9.90 Å². The highest BCUT2D eigenvalue weighted by atomic mass is 16.4. The van der Waals surface area contributed by atoms with Gasteiger partial charge in [-0.3, -0.25) is 4.79 Å². The molecule has 1 unspecified atom stereocenters. The molecule has 100 valence electrons. The normalized spacial score (nSPS) is 12.6. The molecule has 0 aromatic heterocycles. The lowest BCUT2D eigenvalue weighted by atomic mass is 10.00. The van der Waals surface area contributed by atoms with Gasteiger partial charge in [0, 0.05) is 19.3 Å². The molecule has 18 heavy (non-hydrogen) atoms. The van der Waals surface area contributed by atoms with Crippen LogP contribution in [0.4, 0.5) is 5.69 Å². The van der Waals surface area contributed by atoms with E-state index in [1.54, 1.807) is 6.92 Å².